The Morgan fingerprint density at radius 1 is 0.730 bits per heavy atom. The molecule has 0 atom stereocenters. The summed E-state index contributed by atoms with van der Waals surface area (Å²) in [5, 5.41) is 11.1. The fraction of sp³-hybridized carbons (Fsp3) is 0.280. The Hall–Kier alpha value is -4.22. The average molecular weight is 519 g/mol. The number of hydrogen-bond donors (Lipinski definition) is 4. The molecule has 1 aromatic heterocycles. The van der Waals surface area contributed by atoms with Gasteiger partial charge in [0.1, 0.15) is 17.2 Å². The van der Waals surface area contributed by atoms with E-state index in [4.69, 9.17) is 0 Å². The topological polar surface area (TPSA) is 108 Å². The molecule has 0 spiro atoms. The van der Waals surface area contributed by atoms with Gasteiger partial charge in [0.2, 0.25) is 5.91 Å². The van der Waals surface area contributed by atoms with Crippen LogP contribution in [0.15, 0.2) is 30.3 Å². The molecule has 1 heterocycles. The zero-order valence-electron chi connectivity index (χ0n) is 20.4. The summed E-state index contributed by atoms with van der Waals surface area (Å²) < 4.78 is 55.8. The lowest BCUT2D eigenvalue weighted by molar-refractivity contribution is -0.118. The zero-order valence-corrected chi connectivity index (χ0v) is 20.4. The smallest absolute Gasteiger partial charge is 0.257 e. The van der Waals surface area contributed by atoms with E-state index in [2.05, 4.69) is 31.2 Å². The summed E-state index contributed by atoms with van der Waals surface area (Å²) in [6, 6.07) is 9.18. The Labute approximate surface area is 210 Å². The van der Waals surface area contributed by atoms with Gasteiger partial charge in [-0.15, -0.1) is 0 Å². The van der Waals surface area contributed by atoms with Crippen molar-refractivity contribution in [3.63, 3.8) is 0 Å². The van der Waals surface area contributed by atoms with Crippen molar-refractivity contribution >= 4 is 23.5 Å². The average Bonchev–Trinajstić information content (AvgIpc) is 2.88. The summed E-state index contributed by atoms with van der Waals surface area (Å²) in [6.07, 6.45) is 0. The van der Waals surface area contributed by atoms with Crippen molar-refractivity contribution in [1.29, 1.82) is 0 Å². The molecule has 196 valence electrons. The second-order valence-corrected chi connectivity index (χ2v) is 8.08. The minimum absolute atomic E-state index is 0.0726. The van der Waals surface area contributed by atoms with Crippen molar-refractivity contribution in [2.75, 3.05) is 36.8 Å². The SMILES string of the molecule is CC(=O)NCCNc1nc(-c2ccccc2)nc(NCCNC(=O)c2c(F)c(F)c(C)c(F)c2F)c1C. The molecular weight excluding hydrogens is 492 g/mol. The maximum atomic E-state index is 14.1. The molecular formula is C25H26F4N6O2. The fourth-order valence-corrected chi connectivity index (χ4v) is 3.38. The van der Waals surface area contributed by atoms with Crippen molar-refractivity contribution in [2.45, 2.75) is 20.8 Å². The van der Waals surface area contributed by atoms with Crippen LogP contribution in [0.1, 0.15) is 28.4 Å². The maximum absolute atomic E-state index is 14.1. The van der Waals surface area contributed by atoms with Crippen LogP contribution in [0.4, 0.5) is 29.2 Å². The third kappa shape index (κ3) is 6.51. The molecule has 0 saturated heterocycles. The summed E-state index contributed by atoms with van der Waals surface area (Å²) in [5.74, 6) is -6.85. The van der Waals surface area contributed by atoms with Gasteiger partial charge in [-0.25, -0.2) is 27.5 Å². The van der Waals surface area contributed by atoms with E-state index < -0.39 is 40.3 Å². The largest absolute Gasteiger partial charge is 0.368 e. The Morgan fingerprint density at radius 2 is 1.24 bits per heavy atom. The van der Waals surface area contributed by atoms with Crippen LogP contribution in [-0.2, 0) is 4.79 Å². The zero-order chi connectivity index (χ0) is 27.1. The molecule has 0 fully saturated rings. The van der Waals surface area contributed by atoms with Crippen molar-refractivity contribution in [1.82, 2.24) is 20.6 Å². The molecule has 0 unspecified atom stereocenters. The number of nitrogens with one attached hydrogen (secondary N) is 4. The van der Waals surface area contributed by atoms with Crippen LogP contribution in [0.5, 0.6) is 0 Å². The lowest BCUT2D eigenvalue weighted by Crippen LogP contribution is -2.31. The van der Waals surface area contributed by atoms with Crippen LogP contribution in [0, 0.1) is 37.1 Å². The van der Waals surface area contributed by atoms with Crippen LogP contribution in [0.2, 0.25) is 0 Å². The monoisotopic (exact) mass is 518 g/mol. The van der Waals surface area contributed by atoms with E-state index in [1.54, 1.807) is 6.92 Å². The minimum atomic E-state index is -1.75. The highest BCUT2D eigenvalue weighted by Crippen LogP contribution is 2.25. The third-order valence-corrected chi connectivity index (χ3v) is 5.38. The summed E-state index contributed by atoms with van der Waals surface area (Å²) in [5.41, 5.74) is -0.772. The first kappa shape index (κ1) is 27.4. The van der Waals surface area contributed by atoms with Gasteiger partial charge < -0.3 is 21.3 Å². The third-order valence-electron chi connectivity index (χ3n) is 5.38. The van der Waals surface area contributed by atoms with E-state index in [9.17, 15) is 27.2 Å². The number of nitrogens with zero attached hydrogens (tertiary/aromatic N) is 2. The van der Waals surface area contributed by atoms with Gasteiger partial charge in [-0.1, -0.05) is 30.3 Å². The van der Waals surface area contributed by atoms with Gasteiger partial charge in [0.15, 0.2) is 29.1 Å². The molecule has 8 nitrogen and oxygen atoms in total. The molecule has 0 radical (unpaired) electrons. The van der Waals surface area contributed by atoms with E-state index in [1.165, 1.54) is 6.92 Å². The predicted octanol–water partition coefficient (Wildman–Crippen LogP) is 3.71. The standard InChI is InChI=1S/C25H26F4N6O2/c1-13-18(26)20(28)17(21(29)19(13)27)25(37)33-12-11-32-23-14(2)22(31-10-9-30-15(3)36)34-24(35-23)16-7-5-4-6-8-16/h4-8H,9-12H2,1-3H3,(H,30,36)(H,33,37)(H2,31,32,34,35). The first-order valence-corrected chi connectivity index (χ1v) is 11.4. The second kappa shape index (κ2) is 12.2. The number of rotatable bonds is 10. The lowest BCUT2D eigenvalue weighted by Gasteiger charge is -2.16. The number of halogens is 4. The van der Waals surface area contributed by atoms with Crippen molar-refractivity contribution < 1.29 is 27.2 Å². The number of hydrogen-bond acceptors (Lipinski definition) is 6. The number of benzene rings is 2. The first-order chi connectivity index (χ1) is 17.6. The highest BCUT2D eigenvalue weighted by molar-refractivity contribution is 5.95. The molecule has 2 aromatic carbocycles. The Balaban J connectivity index is 1.73. The molecule has 37 heavy (non-hydrogen) atoms. The number of carbonyl (C=O) groups is 2. The van der Waals surface area contributed by atoms with Gasteiger partial charge in [0, 0.05) is 49.8 Å². The molecule has 3 rings (SSSR count). The second-order valence-electron chi connectivity index (χ2n) is 8.08. The van der Waals surface area contributed by atoms with Crippen molar-refractivity contribution in [3.8, 4) is 11.4 Å². The lowest BCUT2D eigenvalue weighted by atomic mass is 10.1. The predicted molar refractivity (Wildman–Crippen MR) is 131 cm³/mol. The van der Waals surface area contributed by atoms with E-state index in [1.807, 2.05) is 30.3 Å². The number of anilines is 2. The Bertz CT molecular complexity index is 1280. The van der Waals surface area contributed by atoms with Gasteiger partial charge in [-0.05, 0) is 13.8 Å². The molecule has 4 N–H and O–H groups in total. The molecule has 2 amide bonds. The number of aromatic nitrogens is 2. The van der Waals surface area contributed by atoms with Crippen LogP contribution < -0.4 is 21.3 Å². The van der Waals surface area contributed by atoms with Crippen molar-refractivity contribution in [2.24, 2.45) is 0 Å². The minimum Gasteiger partial charge on any atom is -0.368 e. The normalized spacial score (nSPS) is 10.7. The molecule has 0 aliphatic rings. The molecule has 12 heteroatoms. The summed E-state index contributed by atoms with van der Waals surface area (Å²) in [6.45, 7) is 4.77. The quantitative estimate of drug-likeness (QED) is 0.185. The fourth-order valence-electron chi connectivity index (χ4n) is 3.38. The van der Waals surface area contributed by atoms with E-state index in [0.29, 0.717) is 36.1 Å². The number of amides is 2. The molecule has 0 aliphatic heterocycles. The molecule has 3 aromatic rings. The maximum Gasteiger partial charge on any atom is 0.257 e. The van der Waals surface area contributed by atoms with Crippen LogP contribution in [0.3, 0.4) is 0 Å². The number of carbonyl (C=O) groups excluding carboxylic acids is 2. The molecule has 0 aliphatic carbocycles. The van der Waals surface area contributed by atoms with Crippen LogP contribution in [-0.4, -0.2) is 48.0 Å². The van der Waals surface area contributed by atoms with Gasteiger partial charge in [-0.2, -0.15) is 0 Å². The highest BCUT2D eigenvalue weighted by atomic mass is 19.2. The van der Waals surface area contributed by atoms with E-state index in [-0.39, 0.29) is 19.0 Å². The van der Waals surface area contributed by atoms with Crippen molar-refractivity contribution in [3.05, 3.63) is 70.3 Å². The van der Waals surface area contributed by atoms with Gasteiger partial charge in [0.05, 0.1) is 0 Å². The summed E-state index contributed by atoms with van der Waals surface area (Å²) >= 11 is 0. The Kier molecular flexibility index (Phi) is 8.99. The summed E-state index contributed by atoms with van der Waals surface area (Å²) in [7, 11) is 0. The van der Waals surface area contributed by atoms with E-state index in [0.717, 1.165) is 12.5 Å². The van der Waals surface area contributed by atoms with E-state index >= 15 is 0 Å². The first-order valence-electron chi connectivity index (χ1n) is 11.4. The highest BCUT2D eigenvalue weighted by Gasteiger charge is 2.27. The molecule has 0 saturated carbocycles. The van der Waals surface area contributed by atoms with Gasteiger partial charge in [0.25, 0.3) is 5.91 Å². The Morgan fingerprint density at radius 3 is 1.76 bits per heavy atom. The van der Waals surface area contributed by atoms with Crippen LogP contribution >= 0.6 is 0 Å². The summed E-state index contributed by atoms with van der Waals surface area (Å²) in [4.78, 5) is 32.4. The van der Waals surface area contributed by atoms with Crippen LogP contribution in [0.25, 0.3) is 11.4 Å². The van der Waals surface area contributed by atoms with Gasteiger partial charge >= 0.3 is 0 Å². The van der Waals surface area contributed by atoms with Gasteiger partial charge in [-0.3, -0.25) is 9.59 Å². The molecule has 0 bridgehead atoms.